The Kier molecular flexibility index (Phi) is 6.52. The van der Waals surface area contributed by atoms with Crippen LogP contribution in [-0.4, -0.2) is 33.7 Å². The normalized spacial score (nSPS) is 18.1. The maximum absolute atomic E-state index is 12.9. The van der Waals surface area contributed by atoms with Crippen LogP contribution in [0.25, 0.3) is 0 Å². The highest BCUT2D eigenvalue weighted by atomic mass is 32.2. The first-order valence-electron chi connectivity index (χ1n) is 9.41. The number of benzene rings is 2. The van der Waals surface area contributed by atoms with Gasteiger partial charge in [-0.05, 0) is 36.6 Å². The van der Waals surface area contributed by atoms with Gasteiger partial charge in [0.15, 0.2) is 5.17 Å². The number of aliphatic imine (C=N–C) groups is 1. The molecule has 0 aliphatic carbocycles. The molecule has 2 aromatic carbocycles. The molecule has 0 aromatic heterocycles. The molecular weight excluding hydrogens is 370 g/mol. The van der Waals surface area contributed by atoms with Crippen molar-refractivity contribution in [3.05, 3.63) is 60.2 Å². The number of nitrogens with one attached hydrogen (secondary N) is 1. The van der Waals surface area contributed by atoms with Crippen LogP contribution in [0.4, 0.5) is 11.4 Å². The smallest absolute Gasteiger partial charge is 0.242 e. The Hall–Kier alpha value is -2.60. The van der Waals surface area contributed by atoms with Gasteiger partial charge in [0, 0.05) is 18.7 Å². The van der Waals surface area contributed by atoms with E-state index in [-0.39, 0.29) is 18.2 Å². The summed E-state index contributed by atoms with van der Waals surface area (Å²) in [6.45, 7) is 6.67. The Morgan fingerprint density at radius 3 is 2.50 bits per heavy atom. The van der Waals surface area contributed by atoms with Crippen LogP contribution in [0.1, 0.15) is 25.8 Å². The van der Waals surface area contributed by atoms with Crippen molar-refractivity contribution in [1.29, 1.82) is 0 Å². The number of hydrogen-bond donors (Lipinski definition) is 1. The van der Waals surface area contributed by atoms with Crippen LogP contribution in [0, 0.1) is 12.8 Å². The predicted octanol–water partition coefficient (Wildman–Crippen LogP) is 4.61. The minimum absolute atomic E-state index is 0.0479. The van der Waals surface area contributed by atoms with Crippen molar-refractivity contribution in [2.45, 2.75) is 32.4 Å². The number of nitrogens with zero attached hydrogens (tertiary/aromatic N) is 2. The summed E-state index contributed by atoms with van der Waals surface area (Å²) in [5.74, 6) is 0.101. The number of thioether (sulfide) groups is 1. The average Bonchev–Trinajstić information content (AvgIpc) is 2.93. The van der Waals surface area contributed by atoms with Gasteiger partial charge in [-0.25, -0.2) is 4.99 Å². The van der Waals surface area contributed by atoms with Gasteiger partial charge < -0.3 is 5.32 Å². The molecule has 1 N–H and O–H groups in total. The van der Waals surface area contributed by atoms with Crippen LogP contribution in [0.15, 0.2) is 59.6 Å². The molecule has 2 aromatic rings. The van der Waals surface area contributed by atoms with Crippen LogP contribution in [0.3, 0.4) is 0 Å². The van der Waals surface area contributed by atoms with Gasteiger partial charge in [0.05, 0.1) is 5.69 Å². The average molecular weight is 396 g/mol. The van der Waals surface area contributed by atoms with Gasteiger partial charge >= 0.3 is 0 Å². The van der Waals surface area contributed by atoms with Crippen molar-refractivity contribution in [1.82, 2.24) is 4.90 Å². The molecule has 3 rings (SSSR count). The largest absolute Gasteiger partial charge is 0.326 e. The number of anilines is 1. The lowest BCUT2D eigenvalue weighted by Gasteiger charge is -2.18. The lowest BCUT2D eigenvalue weighted by atomic mass is 10.1. The molecule has 146 valence electrons. The molecule has 1 saturated heterocycles. The molecule has 0 unspecified atom stereocenters. The summed E-state index contributed by atoms with van der Waals surface area (Å²) in [5, 5.41) is 3.13. The SMILES string of the molecule is Cc1ccccc1NC(=O)C[C@H]1SC(=Nc2ccccc2)N(CC(C)C)C1=O. The summed E-state index contributed by atoms with van der Waals surface area (Å²) in [5.41, 5.74) is 2.57. The van der Waals surface area contributed by atoms with E-state index in [1.54, 1.807) is 4.90 Å². The van der Waals surface area contributed by atoms with Crippen molar-refractivity contribution in [2.75, 3.05) is 11.9 Å². The van der Waals surface area contributed by atoms with Crippen LogP contribution in [0.2, 0.25) is 0 Å². The third-order valence-electron chi connectivity index (χ3n) is 4.34. The second-order valence-electron chi connectivity index (χ2n) is 7.25. The van der Waals surface area contributed by atoms with E-state index in [2.05, 4.69) is 24.2 Å². The summed E-state index contributed by atoms with van der Waals surface area (Å²) < 4.78 is 0. The summed E-state index contributed by atoms with van der Waals surface area (Å²) in [4.78, 5) is 31.8. The molecule has 0 radical (unpaired) electrons. The molecular formula is C22H25N3O2S. The molecule has 0 saturated carbocycles. The highest BCUT2D eigenvalue weighted by Crippen LogP contribution is 2.32. The van der Waals surface area contributed by atoms with Gasteiger partial charge in [-0.2, -0.15) is 0 Å². The third-order valence-corrected chi connectivity index (χ3v) is 5.51. The van der Waals surface area contributed by atoms with Crippen molar-refractivity contribution < 1.29 is 9.59 Å². The quantitative estimate of drug-likeness (QED) is 0.777. The minimum Gasteiger partial charge on any atom is -0.326 e. The van der Waals surface area contributed by atoms with Gasteiger partial charge in [0.25, 0.3) is 0 Å². The molecule has 28 heavy (non-hydrogen) atoms. The Labute approximate surface area is 170 Å². The maximum Gasteiger partial charge on any atom is 0.242 e. The third kappa shape index (κ3) is 5.01. The highest BCUT2D eigenvalue weighted by Gasteiger charge is 2.39. The zero-order chi connectivity index (χ0) is 20.1. The zero-order valence-electron chi connectivity index (χ0n) is 16.4. The first-order chi connectivity index (χ1) is 13.4. The topological polar surface area (TPSA) is 61.8 Å². The number of amides is 2. The fourth-order valence-corrected chi connectivity index (χ4v) is 4.12. The van der Waals surface area contributed by atoms with E-state index >= 15 is 0 Å². The molecule has 2 amide bonds. The fourth-order valence-electron chi connectivity index (χ4n) is 2.95. The molecule has 1 atom stereocenters. The van der Waals surface area contributed by atoms with E-state index in [1.165, 1.54) is 11.8 Å². The Balaban J connectivity index is 1.74. The summed E-state index contributed by atoms with van der Waals surface area (Å²) in [6, 6.07) is 17.2. The monoisotopic (exact) mass is 395 g/mol. The lowest BCUT2D eigenvalue weighted by Crippen LogP contribution is -2.36. The molecule has 6 heteroatoms. The molecule has 1 heterocycles. The van der Waals surface area contributed by atoms with Gasteiger partial charge in [0.2, 0.25) is 11.8 Å². The molecule has 1 aliphatic rings. The molecule has 0 spiro atoms. The number of hydrogen-bond acceptors (Lipinski definition) is 4. The van der Waals surface area contributed by atoms with Crippen LogP contribution < -0.4 is 5.32 Å². The number of rotatable bonds is 6. The first kappa shape index (κ1) is 20.1. The van der Waals surface area contributed by atoms with E-state index in [9.17, 15) is 9.59 Å². The number of carbonyl (C=O) groups is 2. The Morgan fingerprint density at radius 1 is 1.14 bits per heavy atom. The first-order valence-corrected chi connectivity index (χ1v) is 10.3. The zero-order valence-corrected chi connectivity index (χ0v) is 17.2. The summed E-state index contributed by atoms with van der Waals surface area (Å²) in [7, 11) is 0. The molecule has 0 bridgehead atoms. The number of para-hydroxylation sites is 2. The van der Waals surface area contributed by atoms with Crippen molar-refractivity contribution in [3.63, 3.8) is 0 Å². The van der Waals surface area contributed by atoms with Gasteiger partial charge in [-0.15, -0.1) is 0 Å². The van der Waals surface area contributed by atoms with Crippen molar-refractivity contribution in [3.8, 4) is 0 Å². The van der Waals surface area contributed by atoms with Crippen LogP contribution in [0.5, 0.6) is 0 Å². The predicted molar refractivity (Wildman–Crippen MR) is 116 cm³/mol. The molecule has 1 fully saturated rings. The van der Waals surface area contributed by atoms with Gasteiger partial charge in [-0.1, -0.05) is 62.0 Å². The summed E-state index contributed by atoms with van der Waals surface area (Å²) >= 11 is 1.37. The number of carbonyl (C=O) groups excluding carboxylic acids is 2. The van der Waals surface area contributed by atoms with Gasteiger partial charge in [0.1, 0.15) is 5.25 Å². The highest BCUT2D eigenvalue weighted by molar-refractivity contribution is 8.15. The van der Waals surface area contributed by atoms with Gasteiger partial charge in [-0.3, -0.25) is 14.5 Å². The second-order valence-corrected chi connectivity index (χ2v) is 8.42. The lowest BCUT2D eigenvalue weighted by molar-refractivity contribution is -0.128. The van der Waals surface area contributed by atoms with Crippen molar-refractivity contribution >= 4 is 40.1 Å². The van der Waals surface area contributed by atoms with E-state index in [0.29, 0.717) is 17.6 Å². The van der Waals surface area contributed by atoms with Crippen LogP contribution in [-0.2, 0) is 9.59 Å². The summed E-state index contributed by atoms with van der Waals surface area (Å²) in [6.07, 6.45) is 0.125. The number of amidine groups is 1. The van der Waals surface area contributed by atoms with E-state index in [1.807, 2.05) is 61.5 Å². The molecule has 5 nitrogen and oxygen atoms in total. The van der Waals surface area contributed by atoms with E-state index in [4.69, 9.17) is 0 Å². The minimum atomic E-state index is -0.453. The second kappa shape index (κ2) is 9.06. The fraction of sp³-hybridized carbons (Fsp3) is 0.318. The Bertz CT molecular complexity index is 880. The van der Waals surface area contributed by atoms with E-state index < -0.39 is 5.25 Å². The van der Waals surface area contributed by atoms with E-state index in [0.717, 1.165) is 16.9 Å². The maximum atomic E-state index is 12.9. The Morgan fingerprint density at radius 2 is 1.82 bits per heavy atom. The van der Waals surface area contributed by atoms with Crippen molar-refractivity contribution in [2.24, 2.45) is 10.9 Å². The number of aryl methyl sites for hydroxylation is 1. The standard InChI is InChI=1S/C22H25N3O2S/c1-15(2)14-25-21(27)19(28-22(25)23-17-10-5-4-6-11-17)13-20(26)24-18-12-8-7-9-16(18)3/h4-12,15,19H,13-14H2,1-3H3,(H,24,26)/t19-/m1/s1. The van der Waals surface area contributed by atoms with Crippen LogP contribution >= 0.6 is 11.8 Å². The molecule has 1 aliphatic heterocycles.